The van der Waals surface area contributed by atoms with Crippen molar-refractivity contribution in [3.63, 3.8) is 0 Å². The molecule has 1 fully saturated rings. The van der Waals surface area contributed by atoms with Crippen LogP contribution in [0.3, 0.4) is 0 Å². The van der Waals surface area contributed by atoms with Gasteiger partial charge in [0.05, 0.1) is 16.3 Å². The van der Waals surface area contributed by atoms with Crippen LogP contribution >= 0.6 is 11.3 Å². The summed E-state index contributed by atoms with van der Waals surface area (Å²) >= 11 is 1.31. The lowest BCUT2D eigenvalue weighted by Crippen LogP contribution is -2.52. The van der Waals surface area contributed by atoms with Gasteiger partial charge in [-0.3, -0.25) is 19.4 Å². The molecule has 1 aliphatic carbocycles. The lowest BCUT2D eigenvalue weighted by Gasteiger charge is -2.25. The third-order valence-corrected chi connectivity index (χ3v) is 7.00. The van der Waals surface area contributed by atoms with Crippen molar-refractivity contribution in [2.24, 2.45) is 10.9 Å². The van der Waals surface area contributed by atoms with E-state index in [1.165, 1.54) is 17.8 Å². The Morgan fingerprint density at radius 1 is 1.12 bits per heavy atom. The molecule has 0 saturated heterocycles. The normalized spacial score (nSPS) is 20.1. The zero-order chi connectivity index (χ0) is 22.7. The Morgan fingerprint density at radius 2 is 1.88 bits per heavy atom. The smallest absolute Gasteiger partial charge is 0.272 e. The maximum absolute atomic E-state index is 13.2. The second kappa shape index (κ2) is 9.65. The maximum atomic E-state index is 13.2. The minimum Gasteiger partial charge on any atom is -0.340 e. The van der Waals surface area contributed by atoms with Crippen LogP contribution in [0.5, 0.6) is 0 Å². The summed E-state index contributed by atoms with van der Waals surface area (Å²) in [4.78, 5) is 45.3. The highest BCUT2D eigenvalue weighted by Crippen LogP contribution is 2.33. The van der Waals surface area contributed by atoms with E-state index in [9.17, 15) is 14.4 Å². The van der Waals surface area contributed by atoms with Crippen LogP contribution in [0.4, 0.5) is 5.69 Å². The Balaban J connectivity index is 1.57. The van der Waals surface area contributed by atoms with E-state index >= 15 is 0 Å². The van der Waals surface area contributed by atoms with E-state index in [0.717, 1.165) is 42.6 Å². The number of amides is 3. The first-order chi connectivity index (χ1) is 15.5. The van der Waals surface area contributed by atoms with Gasteiger partial charge in [-0.25, -0.2) is 0 Å². The predicted molar refractivity (Wildman–Crippen MR) is 126 cm³/mol. The molecular weight excluding hydrogens is 424 g/mol. The number of anilines is 1. The molecule has 168 valence electrons. The summed E-state index contributed by atoms with van der Waals surface area (Å²) in [7, 11) is 1.71. The molecular formula is C24H28N4O3S. The van der Waals surface area contributed by atoms with Crippen molar-refractivity contribution in [1.82, 2.24) is 10.6 Å². The van der Waals surface area contributed by atoms with Gasteiger partial charge in [0.2, 0.25) is 12.1 Å². The first-order valence-electron chi connectivity index (χ1n) is 11.0. The van der Waals surface area contributed by atoms with E-state index in [-0.39, 0.29) is 17.7 Å². The Kier molecular flexibility index (Phi) is 6.69. The number of para-hydroxylation sites is 1. The molecule has 4 rings (SSSR count). The maximum Gasteiger partial charge on any atom is 0.272 e. The second-order valence-electron chi connectivity index (χ2n) is 8.35. The Morgan fingerprint density at radius 3 is 2.59 bits per heavy atom. The zero-order valence-electron chi connectivity index (χ0n) is 18.3. The summed E-state index contributed by atoms with van der Waals surface area (Å²) in [6.07, 6.45) is 4.51. The third kappa shape index (κ3) is 4.60. The number of fused-ring (bicyclic) bond motifs is 1. The molecule has 0 bridgehead atoms. The van der Waals surface area contributed by atoms with Gasteiger partial charge in [-0.2, -0.15) is 0 Å². The van der Waals surface area contributed by atoms with Crippen molar-refractivity contribution < 1.29 is 14.4 Å². The lowest BCUT2D eigenvalue weighted by molar-refractivity contribution is -0.128. The summed E-state index contributed by atoms with van der Waals surface area (Å²) in [5.74, 6) is -0.793. The summed E-state index contributed by atoms with van der Waals surface area (Å²) < 4.78 is 0. The standard InChI is InChI=1S/C24H28N4O3S/c1-15(25-23(30)19-13-8-14-32-19)22(29)27-21-24(31)28(2)18-12-7-6-11-17(18)20(26-21)16-9-4-3-5-10-16/h6-8,11-16,21H,3-5,9-10H2,1-2H3,(H,25,30)(H,27,29)/t15-,21?/m0/s1. The minimum atomic E-state index is -1.03. The molecule has 2 N–H and O–H groups in total. The number of aliphatic imine (C=N–C) groups is 1. The Labute approximate surface area is 191 Å². The number of thiophene rings is 1. The molecule has 7 nitrogen and oxygen atoms in total. The van der Waals surface area contributed by atoms with E-state index in [1.54, 1.807) is 36.4 Å². The van der Waals surface area contributed by atoms with E-state index < -0.39 is 18.1 Å². The van der Waals surface area contributed by atoms with Gasteiger partial charge in [0, 0.05) is 18.5 Å². The van der Waals surface area contributed by atoms with Crippen LogP contribution < -0.4 is 15.5 Å². The lowest BCUT2D eigenvalue weighted by atomic mass is 9.83. The minimum absolute atomic E-state index is 0.263. The molecule has 2 atom stereocenters. The van der Waals surface area contributed by atoms with Crippen LogP contribution in [0.1, 0.15) is 54.3 Å². The molecule has 32 heavy (non-hydrogen) atoms. The van der Waals surface area contributed by atoms with Gasteiger partial charge >= 0.3 is 0 Å². The topological polar surface area (TPSA) is 90.9 Å². The molecule has 1 aromatic heterocycles. The fourth-order valence-corrected chi connectivity index (χ4v) is 4.97. The van der Waals surface area contributed by atoms with Crippen LogP contribution in [0.15, 0.2) is 46.8 Å². The van der Waals surface area contributed by atoms with Crippen molar-refractivity contribution >= 4 is 40.5 Å². The van der Waals surface area contributed by atoms with Crippen LogP contribution in [-0.2, 0) is 9.59 Å². The summed E-state index contributed by atoms with van der Waals surface area (Å²) in [6, 6.07) is 10.5. The average Bonchev–Trinajstić information content (AvgIpc) is 3.33. The van der Waals surface area contributed by atoms with Crippen LogP contribution in [0, 0.1) is 5.92 Å². The number of rotatable bonds is 5. The monoisotopic (exact) mass is 452 g/mol. The van der Waals surface area contributed by atoms with Gasteiger partial charge < -0.3 is 15.5 Å². The highest BCUT2D eigenvalue weighted by Gasteiger charge is 2.34. The molecule has 1 saturated carbocycles. The molecule has 8 heteroatoms. The number of hydrogen-bond acceptors (Lipinski definition) is 5. The van der Waals surface area contributed by atoms with Crippen LogP contribution in [0.2, 0.25) is 0 Å². The number of benzene rings is 1. The van der Waals surface area contributed by atoms with Gasteiger partial charge in [0.15, 0.2) is 0 Å². The van der Waals surface area contributed by atoms with Crippen molar-refractivity contribution in [3.05, 3.63) is 52.2 Å². The number of carbonyl (C=O) groups is 3. The Bertz CT molecular complexity index is 1030. The molecule has 1 aliphatic heterocycles. The van der Waals surface area contributed by atoms with Crippen molar-refractivity contribution in [2.45, 2.75) is 51.2 Å². The molecule has 2 aromatic rings. The number of nitrogens with one attached hydrogen (secondary N) is 2. The summed E-state index contributed by atoms with van der Waals surface area (Å²) in [5, 5.41) is 7.26. The molecule has 2 heterocycles. The fourth-order valence-electron chi connectivity index (χ4n) is 4.34. The molecule has 0 radical (unpaired) electrons. The van der Waals surface area contributed by atoms with Gasteiger partial charge in [-0.05, 0) is 37.3 Å². The number of nitrogens with zero attached hydrogens (tertiary/aromatic N) is 2. The predicted octanol–water partition coefficient (Wildman–Crippen LogP) is 3.35. The number of hydrogen-bond donors (Lipinski definition) is 2. The van der Waals surface area contributed by atoms with Crippen LogP contribution in [0.25, 0.3) is 0 Å². The van der Waals surface area contributed by atoms with E-state index in [2.05, 4.69) is 10.6 Å². The number of likely N-dealkylation sites (N-methyl/N-ethyl adjacent to an activating group) is 1. The van der Waals surface area contributed by atoms with E-state index in [0.29, 0.717) is 4.88 Å². The highest BCUT2D eigenvalue weighted by atomic mass is 32.1. The number of benzodiazepines with no additional fused rings is 1. The second-order valence-corrected chi connectivity index (χ2v) is 9.29. The molecule has 0 spiro atoms. The fraction of sp³-hybridized carbons (Fsp3) is 0.417. The largest absolute Gasteiger partial charge is 0.340 e. The van der Waals surface area contributed by atoms with Gasteiger partial charge in [-0.15, -0.1) is 11.3 Å². The first-order valence-corrected chi connectivity index (χ1v) is 11.9. The number of carbonyl (C=O) groups excluding carboxylic acids is 3. The average molecular weight is 453 g/mol. The first kappa shape index (κ1) is 22.2. The van der Waals surface area contributed by atoms with Gasteiger partial charge in [0.1, 0.15) is 6.04 Å². The summed E-state index contributed by atoms with van der Waals surface area (Å²) in [6.45, 7) is 1.60. The van der Waals surface area contributed by atoms with Crippen molar-refractivity contribution in [3.8, 4) is 0 Å². The third-order valence-electron chi connectivity index (χ3n) is 6.13. The quantitative estimate of drug-likeness (QED) is 0.729. The highest BCUT2D eigenvalue weighted by molar-refractivity contribution is 7.12. The van der Waals surface area contributed by atoms with Gasteiger partial charge in [-0.1, -0.05) is 43.5 Å². The van der Waals surface area contributed by atoms with E-state index in [1.807, 2.05) is 24.3 Å². The van der Waals surface area contributed by atoms with E-state index in [4.69, 9.17) is 4.99 Å². The molecule has 1 unspecified atom stereocenters. The zero-order valence-corrected chi connectivity index (χ0v) is 19.2. The SMILES string of the molecule is C[C@H](NC(=O)c1cccs1)C(=O)NC1N=C(C2CCCCC2)c2ccccc2N(C)C1=O. The van der Waals surface area contributed by atoms with Crippen LogP contribution in [-0.4, -0.2) is 42.7 Å². The Hall–Kier alpha value is -3.00. The molecule has 1 aromatic carbocycles. The van der Waals surface area contributed by atoms with Crippen molar-refractivity contribution in [2.75, 3.05) is 11.9 Å². The van der Waals surface area contributed by atoms with Crippen molar-refractivity contribution in [1.29, 1.82) is 0 Å². The molecule has 2 aliphatic rings. The molecule has 3 amide bonds. The van der Waals surface area contributed by atoms with Gasteiger partial charge in [0.25, 0.3) is 11.8 Å². The summed E-state index contributed by atoms with van der Waals surface area (Å²) in [5.41, 5.74) is 2.64.